The monoisotopic (exact) mass is 368 g/mol. The van der Waals surface area contributed by atoms with Gasteiger partial charge in [-0.05, 0) is 51.5 Å². The number of ketones is 1. The molecule has 1 atom stereocenters. The fraction of sp³-hybridized carbons (Fsp3) is 0.316. The Morgan fingerprint density at radius 1 is 1.22 bits per heavy atom. The number of hydrogen-bond donors (Lipinski definition) is 1. The molecule has 0 aliphatic carbocycles. The molecule has 27 heavy (non-hydrogen) atoms. The smallest absolute Gasteiger partial charge is 0.297 e. The quantitative estimate of drug-likeness (QED) is 0.694. The van der Waals surface area contributed by atoms with Gasteiger partial charge in [-0.2, -0.15) is 5.10 Å². The van der Waals surface area contributed by atoms with Crippen molar-refractivity contribution >= 4 is 28.3 Å². The summed E-state index contributed by atoms with van der Waals surface area (Å²) in [6.07, 6.45) is 0.367. The highest BCUT2D eigenvalue weighted by atomic mass is 16.5. The number of anilines is 1. The molecule has 8 heteroatoms. The minimum Gasteiger partial charge on any atom is -0.360 e. The second-order valence-electron chi connectivity index (χ2n) is 6.34. The Hall–Kier alpha value is -3.29. The van der Waals surface area contributed by atoms with Crippen molar-refractivity contribution in [2.24, 2.45) is 0 Å². The van der Waals surface area contributed by atoms with Crippen molar-refractivity contribution in [2.45, 2.75) is 40.2 Å². The summed E-state index contributed by atoms with van der Waals surface area (Å²) in [7, 11) is 0. The van der Waals surface area contributed by atoms with E-state index in [9.17, 15) is 14.4 Å². The van der Waals surface area contributed by atoms with Crippen molar-refractivity contribution in [1.29, 1.82) is 0 Å². The maximum atomic E-state index is 12.7. The first-order chi connectivity index (χ1) is 12.8. The molecule has 0 saturated carbocycles. The largest absolute Gasteiger partial charge is 0.360 e. The van der Waals surface area contributed by atoms with Crippen LogP contribution < -0.4 is 10.9 Å². The molecular weight excluding hydrogens is 348 g/mol. The van der Waals surface area contributed by atoms with Crippen LogP contribution in [0.2, 0.25) is 0 Å². The molecule has 3 aromatic rings. The Morgan fingerprint density at radius 2 is 1.89 bits per heavy atom. The number of nitrogens with zero attached hydrogens (tertiary/aromatic N) is 3. The Labute approximate surface area is 155 Å². The number of aryl methyl sites for hydroxylation is 2. The summed E-state index contributed by atoms with van der Waals surface area (Å²) >= 11 is 0. The lowest BCUT2D eigenvalue weighted by Gasteiger charge is -2.17. The Balaban J connectivity index is 1.93. The van der Waals surface area contributed by atoms with Gasteiger partial charge in [-0.25, -0.2) is 4.68 Å². The van der Waals surface area contributed by atoms with Crippen LogP contribution in [0.3, 0.4) is 0 Å². The predicted octanol–water partition coefficient (Wildman–Crippen LogP) is 2.79. The first-order valence-corrected chi connectivity index (χ1v) is 8.60. The third kappa shape index (κ3) is 3.38. The maximum Gasteiger partial charge on any atom is 0.297 e. The third-order valence-corrected chi connectivity index (χ3v) is 4.44. The summed E-state index contributed by atoms with van der Waals surface area (Å²) in [4.78, 5) is 36.8. The van der Waals surface area contributed by atoms with Crippen molar-refractivity contribution in [3.63, 3.8) is 0 Å². The fourth-order valence-corrected chi connectivity index (χ4v) is 3.00. The van der Waals surface area contributed by atoms with Gasteiger partial charge in [-0.1, -0.05) is 12.1 Å². The Morgan fingerprint density at radius 3 is 2.48 bits per heavy atom. The van der Waals surface area contributed by atoms with Gasteiger partial charge in [0, 0.05) is 11.3 Å². The lowest BCUT2D eigenvalue weighted by molar-refractivity contribution is -0.119. The number of amides is 1. The lowest BCUT2D eigenvalue weighted by Crippen LogP contribution is -2.35. The molecule has 1 aromatic carbocycles. The standard InChI is InChI=1S/C19H20N4O4/c1-5-15(18(25)20-14-8-6-13(7-9-14)11(3)24)23-19(26)17-16(10(2)21-23)12(4)27-22-17/h6-9,15H,5H2,1-4H3,(H,20,25)/t15-/m0/s1. The molecule has 0 fully saturated rings. The number of hydrogen-bond acceptors (Lipinski definition) is 6. The van der Waals surface area contributed by atoms with Crippen LogP contribution in [-0.4, -0.2) is 26.6 Å². The van der Waals surface area contributed by atoms with E-state index in [2.05, 4.69) is 15.6 Å². The van der Waals surface area contributed by atoms with E-state index < -0.39 is 11.6 Å². The molecule has 8 nitrogen and oxygen atoms in total. The zero-order chi connectivity index (χ0) is 19.7. The zero-order valence-corrected chi connectivity index (χ0v) is 15.6. The second-order valence-corrected chi connectivity index (χ2v) is 6.34. The number of Topliss-reactive ketones (excluding diaryl/α,β-unsaturated/α-hetero) is 1. The van der Waals surface area contributed by atoms with Crippen LogP contribution >= 0.6 is 0 Å². The first-order valence-electron chi connectivity index (χ1n) is 8.60. The van der Waals surface area contributed by atoms with Gasteiger partial charge in [-0.15, -0.1) is 0 Å². The maximum absolute atomic E-state index is 12.7. The van der Waals surface area contributed by atoms with E-state index in [0.29, 0.717) is 34.5 Å². The molecule has 1 N–H and O–H groups in total. The molecule has 1 amide bonds. The number of carbonyl (C=O) groups is 2. The first kappa shape index (κ1) is 18.5. The Bertz CT molecular complexity index is 1080. The van der Waals surface area contributed by atoms with Gasteiger partial charge >= 0.3 is 0 Å². The SMILES string of the molecule is CC[C@@H](C(=O)Nc1ccc(C(C)=O)cc1)n1nc(C)c2c(C)onc2c1=O. The van der Waals surface area contributed by atoms with E-state index in [1.165, 1.54) is 6.92 Å². The highest BCUT2D eigenvalue weighted by Gasteiger charge is 2.24. The normalized spacial score (nSPS) is 12.1. The van der Waals surface area contributed by atoms with Crippen LogP contribution in [0.4, 0.5) is 5.69 Å². The number of nitrogens with one attached hydrogen (secondary N) is 1. The predicted molar refractivity (Wildman–Crippen MR) is 99.9 cm³/mol. The van der Waals surface area contributed by atoms with Crippen molar-refractivity contribution < 1.29 is 14.1 Å². The summed E-state index contributed by atoms with van der Waals surface area (Å²) in [5, 5.41) is 11.5. The van der Waals surface area contributed by atoms with Crippen molar-refractivity contribution in [3.05, 3.63) is 51.6 Å². The Kier molecular flexibility index (Phi) is 4.89. The molecule has 2 aromatic heterocycles. The highest BCUT2D eigenvalue weighted by Crippen LogP contribution is 2.20. The minimum atomic E-state index is -0.801. The molecule has 2 heterocycles. The van der Waals surface area contributed by atoms with Crippen molar-refractivity contribution in [2.75, 3.05) is 5.32 Å². The molecule has 0 saturated heterocycles. The van der Waals surface area contributed by atoms with Crippen LogP contribution in [0.15, 0.2) is 33.6 Å². The molecule has 0 aliphatic heterocycles. The number of aromatic nitrogens is 3. The van der Waals surface area contributed by atoms with Crippen LogP contribution in [0, 0.1) is 13.8 Å². The fourth-order valence-electron chi connectivity index (χ4n) is 3.00. The van der Waals surface area contributed by atoms with E-state index >= 15 is 0 Å². The molecule has 0 aliphatic rings. The van der Waals surface area contributed by atoms with Gasteiger partial charge in [0.25, 0.3) is 5.56 Å². The average Bonchev–Trinajstić information content (AvgIpc) is 3.02. The number of fused-ring (bicyclic) bond motifs is 1. The minimum absolute atomic E-state index is 0.0539. The average molecular weight is 368 g/mol. The molecular formula is C19H20N4O4. The van der Waals surface area contributed by atoms with Gasteiger partial charge in [-0.3, -0.25) is 14.4 Å². The summed E-state index contributed by atoms with van der Waals surface area (Å²) in [5.41, 5.74) is 1.35. The van der Waals surface area contributed by atoms with Gasteiger partial charge in [0.15, 0.2) is 11.3 Å². The van der Waals surface area contributed by atoms with Gasteiger partial charge < -0.3 is 9.84 Å². The van der Waals surface area contributed by atoms with Crippen molar-refractivity contribution in [3.8, 4) is 0 Å². The summed E-state index contributed by atoms with van der Waals surface area (Å²) in [5.74, 6) is 0.0886. The third-order valence-electron chi connectivity index (χ3n) is 4.44. The van der Waals surface area contributed by atoms with E-state index in [1.807, 2.05) is 0 Å². The summed E-state index contributed by atoms with van der Waals surface area (Å²) in [6, 6.07) is 5.76. The van der Waals surface area contributed by atoms with E-state index in [0.717, 1.165) is 4.68 Å². The molecule has 140 valence electrons. The molecule has 3 rings (SSSR count). The number of benzene rings is 1. The summed E-state index contributed by atoms with van der Waals surface area (Å²) in [6.45, 7) is 6.73. The van der Waals surface area contributed by atoms with E-state index in [-0.39, 0.29) is 17.2 Å². The second kappa shape index (κ2) is 7.14. The zero-order valence-electron chi connectivity index (χ0n) is 15.6. The van der Waals surface area contributed by atoms with Gasteiger partial charge in [0.1, 0.15) is 11.8 Å². The van der Waals surface area contributed by atoms with Crippen molar-refractivity contribution in [1.82, 2.24) is 14.9 Å². The van der Waals surface area contributed by atoms with Crippen LogP contribution in [0.1, 0.15) is 48.1 Å². The number of rotatable bonds is 5. The summed E-state index contributed by atoms with van der Waals surface area (Å²) < 4.78 is 6.25. The van der Waals surface area contributed by atoms with Crippen LogP contribution in [-0.2, 0) is 4.79 Å². The molecule has 0 bridgehead atoms. The topological polar surface area (TPSA) is 107 Å². The molecule has 0 radical (unpaired) electrons. The molecule has 0 spiro atoms. The molecule has 0 unspecified atom stereocenters. The number of carbonyl (C=O) groups excluding carboxylic acids is 2. The van der Waals surface area contributed by atoms with E-state index in [1.54, 1.807) is 45.0 Å². The van der Waals surface area contributed by atoms with Crippen LogP contribution in [0.5, 0.6) is 0 Å². The highest BCUT2D eigenvalue weighted by molar-refractivity contribution is 5.96. The van der Waals surface area contributed by atoms with E-state index in [4.69, 9.17) is 4.52 Å². The lowest BCUT2D eigenvalue weighted by atomic mass is 10.1. The van der Waals surface area contributed by atoms with Gasteiger partial charge in [0.2, 0.25) is 5.91 Å². The van der Waals surface area contributed by atoms with Gasteiger partial charge in [0.05, 0.1) is 11.1 Å². The van der Waals surface area contributed by atoms with Crippen LogP contribution in [0.25, 0.3) is 10.9 Å².